The Bertz CT molecular complexity index is 717. The van der Waals surface area contributed by atoms with Crippen LogP contribution in [-0.4, -0.2) is 81.2 Å². The van der Waals surface area contributed by atoms with Crippen LogP contribution in [0.2, 0.25) is 0 Å². The Labute approximate surface area is 158 Å². The number of halogens is 1. The highest BCUT2D eigenvalue weighted by atomic mass is 35.5. The van der Waals surface area contributed by atoms with E-state index in [1.807, 2.05) is 35.2 Å². The SMILES string of the molecule is Cl.O=C(Cn1nnc(-c2ccccc2)n1)N1CCC(N2CCNCC2)C1. The quantitative estimate of drug-likeness (QED) is 0.823. The lowest BCUT2D eigenvalue weighted by atomic mass is 10.2. The number of aromatic nitrogens is 4. The summed E-state index contributed by atoms with van der Waals surface area (Å²) in [5.74, 6) is 0.614. The van der Waals surface area contributed by atoms with Gasteiger partial charge in [-0.15, -0.1) is 22.6 Å². The van der Waals surface area contributed by atoms with Crippen LogP contribution in [0.15, 0.2) is 30.3 Å². The molecule has 2 aromatic rings. The lowest BCUT2D eigenvalue weighted by molar-refractivity contribution is -0.131. The maximum atomic E-state index is 12.6. The fourth-order valence-corrected chi connectivity index (χ4v) is 3.55. The van der Waals surface area contributed by atoms with Crippen molar-refractivity contribution in [2.45, 2.75) is 19.0 Å². The second-order valence-electron chi connectivity index (χ2n) is 6.58. The van der Waals surface area contributed by atoms with E-state index in [2.05, 4.69) is 25.6 Å². The smallest absolute Gasteiger partial charge is 0.246 e. The molecule has 0 saturated carbocycles. The van der Waals surface area contributed by atoms with Crippen LogP contribution >= 0.6 is 12.4 Å². The Morgan fingerprint density at radius 1 is 1.15 bits per heavy atom. The number of tetrazole rings is 1. The summed E-state index contributed by atoms with van der Waals surface area (Å²) in [5, 5.41) is 15.8. The van der Waals surface area contributed by atoms with Crippen LogP contribution in [0.1, 0.15) is 6.42 Å². The molecule has 9 heteroatoms. The van der Waals surface area contributed by atoms with Gasteiger partial charge >= 0.3 is 0 Å². The molecule has 1 N–H and O–H groups in total. The van der Waals surface area contributed by atoms with Gasteiger partial charge in [0, 0.05) is 50.9 Å². The van der Waals surface area contributed by atoms with Crippen LogP contribution in [-0.2, 0) is 11.3 Å². The van der Waals surface area contributed by atoms with Crippen molar-refractivity contribution in [1.29, 1.82) is 0 Å². The first-order chi connectivity index (χ1) is 12.3. The van der Waals surface area contributed by atoms with Crippen molar-refractivity contribution in [2.24, 2.45) is 0 Å². The number of carbonyl (C=O) groups is 1. The molecular formula is C17H24ClN7O. The highest BCUT2D eigenvalue weighted by Crippen LogP contribution is 2.17. The molecule has 3 heterocycles. The molecule has 1 atom stereocenters. The number of amides is 1. The van der Waals surface area contributed by atoms with Gasteiger partial charge in [-0.25, -0.2) is 0 Å². The summed E-state index contributed by atoms with van der Waals surface area (Å²) in [6.07, 6.45) is 1.05. The van der Waals surface area contributed by atoms with E-state index < -0.39 is 0 Å². The third-order valence-electron chi connectivity index (χ3n) is 4.95. The number of nitrogens with zero attached hydrogens (tertiary/aromatic N) is 6. The van der Waals surface area contributed by atoms with Crippen molar-refractivity contribution in [3.8, 4) is 11.4 Å². The lowest BCUT2D eigenvalue weighted by Crippen LogP contribution is -2.49. The average molecular weight is 378 g/mol. The van der Waals surface area contributed by atoms with E-state index in [4.69, 9.17) is 0 Å². The van der Waals surface area contributed by atoms with Crippen molar-refractivity contribution < 1.29 is 4.79 Å². The minimum absolute atomic E-state index is 0. The van der Waals surface area contributed by atoms with Crippen molar-refractivity contribution in [3.63, 3.8) is 0 Å². The van der Waals surface area contributed by atoms with E-state index in [9.17, 15) is 4.79 Å². The topological polar surface area (TPSA) is 79.2 Å². The van der Waals surface area contributed by atoms with Gasteiger partial charge in [0.25, 0.3) is 0 Å². The fourth-order valence-electron chi connectivity index (χ4n) is 3.55. The van der Waals surface area contributed by atoms with E-state index in [1.54, 1.807) is 0 Å². The molecule has 8 nitrogen and oxygen atoms in total. The molecule has 0 bridgehead atoms. The normalized spacial score (nSPS) is 20.8. The Hall–Kier alpha value is -2.03. The molecule has 2 saturated heterocycles. The molecule has 0 aliphatic carbocycles. The van der Waals surface area contributed by atoms with Crippen LogP contribution in [0.4, 0.5) is 0 Å². The number of rotatable bonds is 4. The summed E-state index contributed by atoms with van der Waals surface area (Å²) in [4.78, 5) is 18.4. The third kappa shape index (κ3) is 4.20. The van der Waals surface area contributed by atoms with Gasteiger partial charge in [0.15, 0.2) is 0 Å². The molecule has 140 valence electrons. The van der Waals surface area contributed by atoms with Gasteiger partial charge in [0.05, 0.1) is 0 Å². The van der Waals surface area contributed by atoms with E-state index in [-0.39, 0.29) is 24.9 Å². The van der Waals surface area contributed by atoms with Crippen LogP contribution in [0.5, 0.6) is 0 Å². The summed E-state index contributed by atoms with van der Waals surface area (Å²) in [7, 11) is 0. The number of likely N-dealkylation sites (tertiary alicyclic amines) is 1. The minimum Gasteiger partial charge on any atom is -0.339 e. The number of hydrogen-bond donors (Lipinski definition) is 1. The zero-order valence-corrected chi connectivity index (χ0v) is 15.4. The molecule has 26 heavy (non-hydrogen) atoms. The summed E-state index contributed by atoms with van der Waals surface area (Å²) in [6.45, 7) is 5.97. The second kappa shape index (κ2) is 8.57. The predicted molar refractivity (Wildman–Crippen MR) is 99.9 cm³/mol. The van der Waals surface area contributed by atoms with Crippen LogP contribution in [0.25, 0.3) is 11.4 Å². The number of nitrogens with one attached hydrogen (secondary N) is 1. The van der Waals surface area contributed by atoms with Gasteiger partial charge in [0.1, 0.15) is 6.54 Å². The number of benzene rings is 1. The van der Waals surface area contributed by atoms with Crippen LogP contribution in [0.3, 0.4) is 0 Å². The number of hydrogen-bond acceptors (Lipinski definition) is 6. The lowest BCUT2D eigenvalue weighted by Gasteiger charge is -2.32. The highest BCUT2D eigenvalue weighted by Gasteiger charge is 2.31. The monoisotopic (exact) mass is 377 g/mol. The van der Waals surface area contributed by atoms with Crippen molar-refractivity contribution in [3.05, 3.63) is 30.3 Å². The molecule has 1 aromatic heterocycles. The molecule has 1 unspecified atom stereocenters. The zero-order chi connectivity index (χ0) is 17.1. The van der Waals surface area contributed by atoms with E-state index in [0.29, 0.717) is 11.9 Å². The molecule has 2 aliphatic heterocycles. The second-order valence-corrected chi connectivity index (χ2v) is 6.58. The molecular weight excluding hydrogens is 354 g/mol. The van der Waals surface area contributed by atoms with Gasteiger partial charge < -0.3 is 10.2 Å². The first kappa shape index (κ1) is 18.8. The maximum absolute atomic E-state index is 12.6. The van der Waals surface area contributed by atoms with Crippen molar-refractivity contribution in [2.75, 3.05) is 39.3 Å². The van der Waals surface area contributed by atoms with E-state index >= 15 is 0 Å². The van der Waals surface area contributed by atoms with Crippen LogP contribution in [0, 0.1) is 0 Å². The van der Waals surface area contributed by atoms with E-state index in [0.717, 1.165) is 51.3 Å². The Balaban J connectivity index is 0.00000196. The summed E-state index contributed by atoms with van der Waals surface area (Å²) in [5.41, 5.74) is 0.904. The van der Waals surface area contributed by atoms with Gasteiger partial charge in [-0.05, 0) is 11.6 Å². The predicted octanol–water partition coefficient (Wildman–Crippen LogP) is 0.268. The maximum Gasteiger partial charge on any atom is 0.246 e. The first-order valence-electron chi connectivity index (χ1n) is 8.85. The number of piperazine rings is 1. The van der Waals surface area contributed by atoms with Crippen molar-refractivity contribution >= 4 is 18.3 Å². The zero-order valence-electron chi connectivity index (χ0n) is 14.6. The van der Waals surface area contributed by atoms with Crippen molar-refractivity contribution in [1.82, 2.24) is 35.3 Å². The molecule has 0 spiro atoms. The average Bonchev–Trinajstić information content (AvgIpc) is 3.33. The Morgan fingerprint density at radius 2 is 1.92 bits per heavy atom. The molecule has 0 radical (unpaired) electrons. The van der Waals surface area contributed by atoms with E-state index in [1.165, 1.54) is 4.80 Å². The molecule has 1 aromatic carbocycles. The Morgan fingerprint density at radius 3 is 2.69 bits per heavy atom. The Kier molecular flexibility index (Phi) is 6.18. The first-order valence-corrected chi connectivity index (χ1v) is 8.85. The fraction of sp³-hybridized carbons (Fsp3) is 0.529. The van der Waals surface area contributed by atoms with Gasteiger partial charge in [0.2, 0.25) is 11.7 Å². The summed E-state index contributed by atoms with van der Waals surface area (Å²) in [6, 6.07) is 10.2. The third-order valence-corrected chi connectivity index (χ3v) is 4.95. The van der Waals surface area contributed by atoms with Gasteiger partial charge in [-0.3, -0.25) is 9.69 Å². The molecule has 2 aliphatic rings. The molecule has 1 amide bonds. The van der Waals surface area contributed by atoms with Gasteiger partial charge in [-0.2, -0.15) is 4.80 Å². The van der Waals surface area contributed by atoms with Gasteiger partial charge in [-0.1, -0.05) is 30.3 Å². The van der Waals surface area contributed by atoms with Crippen LogP contribution < -0.4 is 5.32 Å². The molecule has 2 fully saturated rings. The molecule has 4 rings (SSSR count). The summed E-state index contributed by atoms with van der Waals surface area (Å²) >= 11 is 0. The minimum atomic E-state index is 0. The standard InChI is InChI=1S/C17H23N7O.ClH/c25-16(23-9-6-15(12-23)22-10-7-18-8-11-22)13-24-20-17(19-21-24)14-4-2-1-3-5-14;/h1-5,15,18H,6-13H2;1H. The highest BCUT2D eigenvalue weighted by molar-refractivity contribution is 5.85. The largest absolute Gasteiger partial charge is 0.339 e. The number of carbonyl (C=O) groups excluding carboxylic acids is 1. The summed E-state index contributed by atoms with van der Waals surface area (Å²) < 4.78 is 0.